The lowest BCUT2D eigenvalue weighted by atomic mass is 10.1. The molecule has 1 aliphatic carbocycles. The van der Waals surface area contributed by atoms with E-state index in [0.29, 0.717) is 19.0 Å². The number of aromatic nitrogens is 1. The van der Waals surface area contributed by atoms with Gasteiger partial charge in [0.25, 0.3) is 0 Å². The molecule has 1 N–H and O–H groups in total. The number of nitrogens with one attached hydrogen (secondary N) is 1. The van der Waals surface area contributed by atoms with Crippen LogP contribution in [0.3, 0.4) is 0 Å². The molecule has 1 fully saturated rings. The van der Waals surface area contributed by atoms with Gasteiger partial charge >= 0.3 is 6.18 Å². The maximum Gasteiger partial charge on any atom is 0.392 e. The average Bonchev–Trinajstić information content (AvgIpc) is 3.38. The number of nitrogens with zero attached hydrogens (tertiary/aromatic N) is 2. The first-order valence-corrected chi connectivity index (χ1v) is 13.0. The van der Waals surface area contributed by atoms with Gasteiger partial charge in [0.1, 0.15) is 5.82 Å². The first-order chi connectivity index (χ1) is 16.9. The van der Waals surface area contributed by atoms with E-state index in [1.807, 2.05) is 64.1 Å². The van der Waals surface area contributed by atoms with Crippen molar-refractivity contribution in [3.8, 4) is 0 Å². The SMILES string of the molecule is C/C=C\C.CC.CCN(CC1CCCC1)c1nc2ccccc2cc1CNC/C=C/CC(F)(F)F. The number of rotatable bonds is 9. The van der Waals surface area contributed by atoms with Crippen LogP contribution in [0.5, 0.6) is 0 Å². The van der Waals surface area contributed by atoms with Gasteiger partial charge in [-0.1, -0.05) is 69.2 Å². The van der Waals surface area contributed by atoms with Gasteiger partial charge in [0, 0.05) is 37.1 Å². The normalized spacial score (nSPS) is 14.2. The number of allylic oxidation sites excluding steroid dienone is 3. The van der Waals surface area contributed by atoms with Gasteiger partial charge in [-0.2, -0.15) is 13.2 Å². The van der Waals surface area contributed by atoms with Gasteiger partial charge in [-0.15, -0.1) is 0 Å². The maximum atomic E-state index is 12.2. The summed E-state index contributed by atoms with van der Waals surface area (Å²) in [5, 5.41) is 4.33. The van der Waals surface area contributed by atoms with Gasteiger partial charge in [-0.05, 0) is 51.7 Å². The van der Waals surface area contributed by atoms with Crippen LogP contribution in [0.25, 0.3) is 10.9 Å². The summed E-state index contributed by atoms with van der Waals surface area (Å²) >= 11 is 0. The minimum atomic E-state index is -4.15. The predicted octanol–water partition coefficient (Wildman–Crippen LogP) is 8.46. The first-order valence-electron chi connectivity index (χ1n) is 13.0. The first kappa shape index (κ1) is 30.7. The molecule has 0 amide bonds. The number of para-hydroxylation sites is 1. The fraction of sp³-hybridized carbons (Fsp3) is 0.552. The number of hydrogen-bond donors (Lipinski definition) is 1. The third-order valence-corrected chi connectivity index (χ3v) is 5.84. The van der Waals surface area contributed by atoms with E-state index in [1.165, 1.54) is 37.8 Å². The summed E-state index contributed by atoms with van der Waals surface area (Å²) in [5.74, 6) is 1.71. The molecule has 1 aromatic heterocycles. The van der Waals surface area contributed by atoms with E-state index >= 15 is 0 Å². The van der Waals surface area contributed by atoms with Crippen LogP contribution in [0.4, 0.5) is 19.0 Å². The Morgan fingerprint density at radius 2 is 1.71 bits per heavy atom. The summed E-state index contributed by atoms with van der Waals surface area (Å²) < 4.78 is 36.7. The zero-order valence-corrected chi connectivity index (χ0v) is 22.2. The molecule has 1 heterocycles. The average molecular weight is 492 g/mol. The number of fused-ring (bicyclic) bond motifs is 1. The van der Waals surface area contributed by atoms with Crippen LogP contribution in [0.15, 0.2) is 54.6 Å². The molecule has 0 radical (unpaired) electrons. The third kappa shape index (κ3) is 11.8. The Balaban J connectivity index is 0.000000926. The van der Waals surface area contributed by atoms with Gasteiger partial charge in [-0.25, -0.2) is 4.98 Å². The van der Waals surface area contributed by atoms with Crippen molar-refractivity contribution in [1.82, 2.24) is 10.3 Å². The van der Waals surface area contributed by atoms with Crippen molar-refractivity contribution in [3.63, 3.8) is 0 Å². The van der Waals surface area contributed by atoms with Crippen molar-refractivity contribution in [2.45, 2.75) is 79.4 Å². The summed E-state index contributed by atoms with van der Waals surface area (Å²) in [4.78, 5) is 7.31. The number of pyridine rings is 1. The van der Waals surface area contributed by atoms with Crippen LogP contribution < -0.4 is 10.2 Å². The summed E-state index contributed by atoms with van der Waals surface area (Å²) in [5.41, 5.74) is 2.06. The van der Waals surface area contributed by atoms with E-state index in [9.17, 15) is 13.2 Å². The van der Waals surface area contributed by atoms with Gasteiger partial charge in [0.15, 0.2) is 0 Å². The number of benzene rings is 1. The molecule has 1 saturated carbocycles. The van der Waals surface area contributed by atoms with Crippen molar-refractivity contribution in [1.29, 1.82) is 0 Å². The molecular weight excluding hydrogens is 447 g/mol. The Hall–Kier alpha value is -2.34. The Kier molecular flexibility index (Phi) is 15.0. The summed E-state index contributed by atoms with van der Waals surface area (Å²) in [6.07, 6.45) is 6.86. The Morgan fingerprint density at radius 1 is 1.06 bits per heavy atom. The minimum absolute atomic E-state index is 0.400. The minimum Gasteiger partial charge on any atom is -0.356 e. The number of halogens is 3. The van der Waals surface area contributed by atoms with Crippen LogP contribution in [0.2, 0.25) is 0 Å². The molecule has 1 aromatic carbocycles. The highest BCUT2D eigenvalue weighted by Gasteiger charge is 2.24. The van der Waals surface area contributed by atoms with E-state index in [-0.39, 0.29) is 0 Å². The standard InChI is InChI=1S/C23H30F3N3.C4H8.C2H6/c1-2-29(17-18-9-3-4-10-18)22-20(15-19-11-5-6-12-21(19)28-22)16-27-14-8-7-13-23(24,25)26;1-3-4-2;1-2/h5-8,11-12,15,18,27H,2-4,9-10,13-14,16-17H2,1H3;3-4H,1-2H3;1-2H3/b8-7+;4-3-;. The highest BCUT2D eigenvalue weighted by Crippen LogP contribution is 2.29. The highest BCUT2D eigenvalue weighted by atomic mass is 19.4. The lowest BCUT2D eigenvalue weighted by Gasteiger charge is -2.28. The van der Waals surface area contributed by atoms with Crippen molar-refractivity contribution >= 4 is 16.7 Å². The topological polar surface area (TPSA) is 28.2 Å². The number of hydrogen-bond acceptors (Lipinski definition) is 3. The number of alkyl halides is 3. The molecule has 0 saturated heterocycles. The predicted molar refractivity (Wildman–Crippen MR) is 145 cm³/mol. The Morgan fingerprint density at radius 3 is 2.31 bits per heavy atom. The second-order valence-electron chi connectivity index (χ2n) is 8.44. The monoisotopic (exact) mass is 491 g/mol. The zero-order valence-electron chi connectivity index (χ0n) is 22.2. The van der Waals surface area contributed by atoms with Crippen LogP contribution in [0, 0.1) is 5.92 Å². The van der Waals surface area contributed by atoms with Crippen molar-refractivity contribution in [2.75, 3.05) is 24.5 Å². The van der Waals surface area contributed by atoms with Crippen molar-refractivity contribution in [3.05, 3.63) is 60.2 Å². The quantitative estimate of drug-likeness (QED) is 0.282. The van der Waals surface area contributed by atoms with E-state index in [0.717, 1.165) is 35.4 Å². The lowest BCUT2D eigenvalue weighted by Crippen LogP contribution is -2.31. The van der Waals surface area contributed by atoms with E-state index in [4.69, 9.17) is 4.98 Å². The van der Waals surface area contributed by atoms with Crippen LogP contribution in [0.1, 0.15) is 72.3 Å². The van der Waals surface area contributed by atoms with E-state index in [2.05, 4.69) is 23.2 Å². The Labute approximate surface area is 210 Å². The lowest BCUT2D eigenvalue weighted by molar-refractivity contribution is -0.125. The summed E-state index contributed by atoms with van der Waals surface area (Å²) in [6.45, 7) is 13.0. The molecule has 3 nitrogen and oxygen atoms in total. The van der Waals surface area contributed by atoms with Gasteiger partial charge in [0.2, 0.25) is 0 Å². The molecule has 196 valence electrons. The molecule has 0 aliphatic heterocycles. The van der Waals surface area contributed by atoms with Crippen molar-refractivity contribution in [2.24, 2.45) is 5.92 Å². The molecule has 0 atom stereocenters. The van der Waals surface area contributed by atoms with Crippen LogP contribution in [-0.4, -0.2) is 30.8 Å². The maximum absolute atomic E-state index is 12.2. The van der Waals surface area contributed by atoms with Gasteiger partial charge in [0.05, 0.1) is 11.9 Å². The van der Waals surface area contributed by atoms with Crippen LogP contribution >= 0.6 is 0 Å². The summed E-state index contributed by atoms with van der Waals surface area (Å²) in [7, 11) is 0. The second kappa shape index (κ2) is 17.1. The molecule has 0 spiro atoms. The van der Waals surface area contributed by atoms with Gasteiger partial charge < -0.3 is 10.2 Å². The molecular formula is C29H44F3N3. The molecule has 1 aliphatic rings. The van der Waals surface area contributed by atoms with Crippen LogP contribution in [-0.2, 0) is 6.54 Å². The third-order valence-electron chi connectivity index (χ3n) is 5.84. The molecule has 0 bridgehead atoms. The smallest absolute Gasteiger partial charge is 0.356 e. The Bertz CT molecular complexity index is 880. The highest BCUT2D eigenvalue weighted by molar-refractivity contribution is 5.81. The molecule has 0 unspecified atom stereocenters. The molecule has 2 aromatic rings. The van der Waals surface area contributed by atoms with E-state index < -0.39 is 12.6 Å². The largest absolute Gasteiger partial charge is 0.392 e. The number of anilines is 1. The van der Waals surface area contributed by atoms with E-state index in [1.54, 1.807) is 0 Å². The molecule has 6 heteroatoms. The second-order valence-corrected chi connectivity index (χ2v) is 8.44. The fourth-order valence-corrected chi connectivity index (χ4v) is 4.01. The van der Waals surface area contributed by atoms with Gasteiger partial charge in [-0.3, -0.25) is 0 Å². The fourth-order valence-electron chi connectivity index (χ4n) is 4.01. The molecule has 35 heavy (non-hydrogen) atoms. The summed E-state index contributed by atoms with van der Waals surface area (Å²) in [6, 6.07) is 10.2. The molecule has 3 rings (SSSR count). The van der Waals surface area contributed by atoms with Crippen molar-refractivity contribution < 1.29 is 13.2 Å². The zero-order chi connectivity index (χ0) is 26.1.